The molecule has 4 rings (SSSR count). The van der Waals surface area contributed by atoms with Crippen LogP contribution in [0.5, 0.6) is 0 Å². The monoisotopic (exact) mass is 344 g/mol. The fraction of sp³-hybridized carbons (Fsp3) is 0.600. The summed E-state index contributed by atoms with van der Waals surface area (Å²) in [5.74, 6) is 0.369. The van der Waals surface area contributed by atoms with Crippen molar-refractivity contribution in [2.45, 2.75) is 45.1 Å². The summed E-state index contributed by atoms with van der Waals surface area (Å²) in [6.45, 7) is 2.57. The summed E-state index contributed by atoms with van der Waals surface area (Å²) < 4.78 is 13.1. The normalized spacial score (nSPS) is 27.0. The molecule has 1 spiro atoms. The molecule has 3 aliphatic rings. The number of carbonyl (C=O) groups is 2. The number of benzene rings is 1. The van der Waals surface area contributed by atoms with E-state index in [0.717, 1.165) is 50.6 Å². The molecule has 25 heavy (non-hydrogen) atoms. The molecule has 5 heteroatoms. The summed E-state index contributed by atoms with van der Waals surface area (Å²) in [6, 6.07) is 6.36. The number of carbonyl (C=O) groups excluding carboxylic acids is 2. The van der Waals surface area contributed by atoms with Crippen LogP contribution >= 0.6 is 0 Å². The minimum atomic E-state index is -0.391. The molecule has 0 unspecified atom stereocenters. The van der Waals surface area contributed by atoms with Gasteiger partial charge < -0.3 is 9.80 Å². The maximum Gasteiger partial charge on any atom is 0.230 e. The third-order valence-corrected chi connectivity index (χ3v) is 6.23. The van der Waals surface area contributed by atoms with Crippen molar-refractivity contribution in [1.29, 1.82) is 0 Å². The van der Waals surface area contributed by atoms with Crippen LogP contribution in [-0.2, 0) is 16.1 Å². The van der Waals surface area contributed by atoms with E-state index in [9.17, 15) is 14.0 Å². The van der Waals surface area contributed by atoms with Crippen LogP contribution in [0.2, 0.25) is 0 Å². The van der Waals surface area contributed by atoms with Crippen LogP contribution in [0, 0.1) is 17.2 Å². The molecule has 0 radical (unpaired) electrons. The minimum Gasteiger partial charge on any atom is -0.341 e. The Hall–Kier alpha value is -1.91. The fourth-order valence-electron chi connectivity index (χ4n) is 4.47. The van der Waals surface area contributed by atoms with Crippen molar-refractivity contribution in [3.63, 3.8) is 0 Å². The van der Waals surface area contributed by atoms with Crippen molar-refractivity contribution in [3.8, 4) is 0 Å². The summed E-state index contributed by atoms with van der Waals surface area (Å²) in [5.41, 5.74) is 0.560. The van der Waals surface area contributed by atoms with Crippen LogP contribution in [0.15, 0.2) is 24.3 Å². The number of halogens is 1. The van der Waals surface area contributed by atoms with Crippen molar-refractivity contribution in [1.82, 2.24) is 9.80 Å². The second-order valence-corrected chi connectivity index (χ2v) is 7.87. The van der Waals surface area contributed by atoms with E-state index < -0.39 is 5.41 Å². The Labute approximate surface area is 148 Å². The Morgan fingerprint density at radius 3 is 2.56 bits per heavy atom. The van der Waals surface area contributed by atoms with Gasteiger partial charge in [0, 0.05) is 32.1 Å². The predicted octanol–water partition coefficient (Wildman–Crippen LogP) is 2.97. The largest absolute Gasteiger partial charge is 0.341 e. The predicted molar refractivity (Wildman–Crippen MR) is 92.0 cm³/mol. The molecule has 2 heterocycles. The van der Waals surface area contributed by atoms with Crippen molar-refractivity contribution in [2.75, 3.05) is 19.6 Å². The number of hydrogen-bond donors (Lipinski definition) is 0. The van der Waals surface area contributed by atoms with E-state index in [4.69, 9.17) is 0 Å². The quantitative estimate of drug-likeness (QED) is 0.846. The van der Waals surface area contributed by atoms with Crippen molar-refractivity contribution in [2.24, 2.45) is 11.3 Å². The zero-order chi connectivity index (χ0) is 17.4. The molecule has 4 nitrogen and oxygen atoms in total. The average molecular weight is 344 g/mol. The van der Waals surface area contributed by atoms with Gasteiger partial charge in [-0.05, 0) is 49.8 Å². The molecule has 2 amide bonds. The molecule has 134 valence electrons. The summed E-state index contributed by atoms with van der Waals surface area (Å²) in [7, 11) is 0. The van der Waals surface area contributed by atoms with Gasteiger partial charge in [0.05, 0.1) is 5.41 Å². The van der Waals surface area contributed by atoms with Gasteiger partial charge in [-0.3, -0.25) is 9.59 Å². The number of hydrogen-bond acceptors (Lipinski definition) is 2. The Balaban J connectivity index is 1.44. The maximum absolute atomic E-state index is 13.2. The van der Waals surface area contributed by atoms with E-state index in [0.29, 0.717) is 19.6 Å². The molecule has 3 fully saturated rings. The van der Waals surface area contributed by atoms with E-state index >= 15 is 0 Å². The van der Waals surface area contributed by atoms with Gasteiger partial charge in [0.1, 0.15) is 5.82 Å². The minimum absolute atomic E-state index is 0.173. The van der Waals surface area contributed by atoms with Crippen LogP contribution < -0.4 is 0 Å². The molecule has 0 aromatic heterocycles. The Morgan fingerprint density at radius 2 is 1.88 bits per heavy atom. The summed E-state index contributed by atoms with van der Waals surface area (Å²) in [6.07, 6.45) is 5.79. The second kappa shape index (κ2) is 6.43. The Kier molecular flexibility index (Phi) is 4.26. The molecule has 2 aliphatic heterocycles. The Bertz CT molecular complexity index is 671. The van der Waals surface area contributed by atoms with Crippen molar-refractivity contribution < 1.29 is 14.0 Å². The smallest absolute Gasteiger partial charge is 0.230 e. The molecular formula is C20H25FN2O2. The van der Waals surface area contributed by atoms with Crippen LogP contribution in [-0.4, -0.2) is 41.2 Å². The Morgan fingerprint density at radius 1 is 1.12 bits per heavy atom. The van der Waals surface area contributed by atoms with Crippen molar-refractivity contribution in [3.05, 3.63) is 35.6 Å². The first-order valence-electron chi connectivity index (χ1n) is 9.40. The topological polar surface area (TPSA) is 40.6 Å². The third kappa shape index (κ3) is 3.05. The van der Waals surface area contributed by atoms with E-state index in [1.54, 1.807) is 12.1 Å². The lowest BCUT2D eigenvalue weighted by Crippen LogP contribution is -2.50. The molecule has 1 aromatic carbocycles. The first kappa shape index (κ1) is 16.6. The number of nitrogens with zero attached hydrogens (tertiary/aromatic N) is 2. The highest BCUT2D eigenvalue weighted by Crippen LogP contribution is 2.42. The summed E-state index contributed by atoms with van der Waals surface area (Å²) >= 11 is 0. The molecule has 1 saturated carbocycles. The van der Waals surface area contributed by atoms with Crippen LogP contribution in [0.3, 0.4) is 0 Å². The number of amides is 2. The standard InChI is InChI=1S/C20H25FN2O2/c21-17-7-5-15(6-8-17)13-22-11-2-9-20(19(22)25)10-12-23(14-20)18(24)16-3-1-4-16/h5-8,16H,1-4,9-14H2/t20-/m0/s1. The maximum atomic E-state index is 13.2. The van der Waals surface area contributed by atoms with Gasteiger partial charge >= 0.3 is 0 Å². The lowest BCUT2D eigenvalue weighted by Gasteiger charge is -2.39. The van der Waals surface area contributed by atoms with Gasteiger partial charge in [-0.25, -0.2) is 4.39 Å². The number of piperidine rings is 1. The highest BCUT2D eigenvalue weighted by atomic mass is 19.1. The van der Waals surface area contributed by atoms with E-state index in [-0.39, 0.29) is 23.5 Å². The lowest BCUT2D eigenvalue weighted by atomic mass is 9.78. The SMILES string of the molecule is O=C(C1CCC1)N1CC[C@@]2(CCCN(Cc3ccc(F)cc3)C2=O)C1. The highest BCUT2D eigenvalue weighted by molar-refractivity contribution is 5.86. The lowest BCUT2D eigenvalue weighted by molar-refractivity contribution is -0.147. The van der Waals surface area contributed by atoms with Crippen LogP contribution in [0.4, 0.5) is 4.39 Å². The van der Waals surface area contributed by atoms with Gasteiger partial charge in [-0.2, -0.15) is 0 Å². The fourth-order valence-corrected chi connectivity index (χ4v) is 4.47. The van der Waals surface area contributed by atoms with E-state index in [1.807, 2.05) is 9.80 Å². The summed E-state index contributed by atoms with van der Waals surface area (Å²) in [4.78, 5) is 29.5. The highest BCUT2D eigenvalue weighted by Gasteiger charge is 2.50. The summed E-state index contributed by atoms with van der Waals surface area (Å²) in [5, 5.41) is 0. The van der Waals surface area contributed by atoms with Gasteiger partial charge in [-0.15, -0.1) is 0 Å². The van der Waals surface area contributed by atoms with Crippen LogP contribution in [0.25, 0.3) is 0 Å². The number of likely N-dealkylation sites (tertiary alicyclic amines) is 2. The zero-order valence-electron chi connectivity index (χ0n) is 14.5. The first-order valence-corrected chi connectivity index (χ1v) is 9.40. The molecule has 1 atom stereocenters. The molecule has 0 N–H and O–H groups in total. The van der Waals surface area contributed by atoms with Crippen LogP contribution in [0.1, 0.15) is 44.1 Å². The van der Waals surface area contributed by atoms with Gasteiger partial charge in [0.15, 0.2) is 0 Å². The molecule has 1 aromatic rings. The van der Waals surface area contributed by atoms with Gasteiger partial charge in [-0.1, -0.05) is 18.6 Å². The number of rotatable bonds is 3. The van der Waals surface area contributed by atoms with Gasteiger partial charge in [0.2, 0.25) is 11.8 Å². The average Bonchev–Trinajstić information content (AvgIpc) is 2.98. The second-order valence-electron chi connectivity index (χ2n) is 7.87. The van der Waals surface area contributed by atoms with Crippen molar-refractivity contribution >= 4 is 11.8 Å². The van der Waals surface area contributed by atoms with E-state index in [1.165, 1.54) is 12.1 Å². The molecule has 2 saturated heterocycles. The molecule has 0 bridgehead atoms. The molecule has 1 aliphatic carbocycles. The zero-order valence-corrected chi connectivity index (χ0v) is 14.5. The first-order chi connectivity index (χ1) is 12.1. The molecular weight excluding hydrogens is 319 g/mol. The van der Waals surface area contributed by atoms with Gasteiger partial charge in [0.25, 0.3) is 0 Å². The third-order valence-electron chi connectivity index (χ3n) is 6.23. The van der Waals surface area contributed by atoms with E-state index in [2.05, 4.69) is 0 Å².